The molecule has 1 aromatic heterocycles. The number of hydrogen-bond acceptors (Lipinski definition) is 2. The van der Waals surface area contributed by atoms with Gasteiger partial charge in [-0.15, -0.1) is 0 Å². The first kappa shape index (κ1) is 8.62. The maximum absolute atomic E-state index is 10.5. The second kappa shape index (κ2) is 3.28. The molecule has 0 aliphatic rings. The normalized spacial score (nSPS) is 11.7. The standard InChI is InChI=1S/C6H8ClNO2S/c7-11(9,10)4-2-6-1-3-8-5-6/h1,3,5,8H,2,4H2. The monoisotopic (exact) mass is 193 g/mol. The van der Waals surface area contributed by atoms with Crippen molar-refractivity contribution in [3.8, 4) is 0 Å². The van der Waals surface area contributed by atoms with Crippen LogP contribution in [0.1, 0.15) is 5.56 Å². The van der Waals surface area contributed by atoms with E-state index in [0.29, 0.717) is 6.42 Å². The van der Waals surface area contributed by atoms with Gasteiger partial charge in [0.05, 0.1) is 5.75 Å². The summed E-state index contributed by atoms with van der Waals surface area (Å²) in [5.41, 5.74) is 0.953. The SMILES string of the molecule is O=S(=O)(Cl)CCc1cc[nH]c1. The Morgan fingerprint density at radius 1 is 1.55 bits per heavy atom. The van der Waals surface area contributed by atoms with Crippen LogP contribution in [0.4, 0.5) is 0 Å². The fourth-order valence-corrected chi connectivity index (χ4v) is 1.46. The van der Waals surface area contributed by atoms with Crippen LogP contribution in [0.15, 0.2) is 18.5 Å². The second-order valence-corrected chi connectivity index (χ2v) is 5.11. The molecule has 1 aromatic rings. The van der Waals surface area contributed by atoms with Crippen molar-refractivity contribution in [3.63, 3.8) is 0 Å². The lowest BCUT2D eigenvalue weighted by Gasteiger charge is -1.92. The molecule has 0 saturated heterocycles. The molecule has 0 atom stereocenters. The van der Waals surface area contributed by atoms with Crippen molar-refractivity contribution >= 4 is 19.7 Å². The summed E-state index contributed by atoms with van der Waals surface area (Å²) in [7, 11) is 1.67. The number of aryl methyl sites for hydroxylation is 1. The van der Waals surface area contributed by atoms with Gasteiger partial charge in [0, 0.05) is 23.1 Å². The van der Waals surface area contributed by atoms with Crippen molar-refractivity contribution in [2.75, 3.05) is 5.75 Å². The van der Waals surface area contributed by atoms with E-state index in [0.717, 1.165) is 5.56 Å². The van der Waals surface area contributed by atoms with Crippen LogP contribution in [0.2, 0.25) is 0 Å². The first-order valence-corrected chi connectivity index (χ1v) is 5.60. The van der Waals surface area contributed by atoms with Gasteiger partial charge in [-0.1, -0.05) is 0 Å². The third-order valence-electron chi connectivity index (χ3n) is 1.30. The van der Waals surface area contributed by atoms with Crippen molar-refractivity contribution < 1.29 is 8.42 Å². The predicted octanol–water partition coefficient (Wildman–Crippen LogP) is 1.13. The molecule has 5 heteroatoms. The largest absolute Gasteiger partial charge is 0.367 e. The van der Waals surface area contributed by atoms with Crippen LogP contribution in [0, 0.1) is 0 Å². The van der Waals surface area contributed by atoms with Gasteiger partial charge in [-0.2, -0.15) is 0 Å². The van der Waals surface area contributed by atoms with E-state index < -0.39 is 9.05 Å². The third kappa shape index (κ3) is 3.43. The highest BCUT2D eigenvalue weighted by atomic mass is 35.7. The molecule has 62 valence electrons. The molecule has 0 radical (unpaired) electrons. The quantitative estimate of drug-likeness (QED) is 0.732. The highest BCUT2D eigenvalue weighted by Crippen LogP contribution is 2.03. The summed E-state index contributed by atoms with van der Waals surface area (Å²) in [6.45, 7) is 0. The second-order valence-electron chi connectivity index (χ2n) is 2.21. The van der Waals surface area contributed by atoms with E-state index in [-0.39, 0.29) is 5.75 Å². The summed E-state index contributed by atoms with van der Waals surface area (Å²) in [5.74, 6) is -0.00753. The molecule has 1 N–H and O–H groups in total. The Kier molecular flexibility index (Phi) is 2.57. The molecule has 0 bridgehead atoms. The lowest BCUT2D eigenvalue weighted by Crippen LogP contribution is -1.99. The molecule has 0 unspecified atom stereocenters. The summed E-state index contributed by atoms with van der Waals surface area (Å²) in [4.78, 5) is 2.83. The van der Waals surface area contributed by atoms with E-state index in [4.69, 9.17) is 10.7 Å². The molecular weight excluding hydrogens is 186 g/mol. The van der Waals surface area contributed by atoms with E-state index in [1.54, 1.807) is 12.4 Å². The van der Waals surface area contributed by atoms with Crippen LogP contribution >= 0.6 is 10.7 Å². The van der Waals surface area contributed by atoms with Crippen LogP contribution < -0.4 is 0 Å². The van der Waals surface area contributed by atoms with Crippen molar-refractivity contribution in [2.24, 2.45) is 0 Å². The Balaban J connectivity index is 2.48. The molecule has 1 rings (SSSR count). The minimum absolute atomic E-state index is 0.00753. The first-order chi connectivity index (χ1) is 5.08. The average Bonchev–Trinajstić information content (AvgIpc) is 2.32. The Bertz CT molecular complexity index is 303. The van der Waals surface area contributed by atoms with E-state index >= 15 is 0 Å². The molecule has 0 spiro atoms. The summed E-state index contributed by atoms with van der Waals surface area (Å²) in [6.07, 6.45) is 3.97. The molecule has 0 aliphatic heterocycles. The minimum Gasteiger partial charge on any atom is -0.367 e. The van der Waals surface area contributed by atoms with Gasteiger partial charge in [0.2, 0.25) is 9.05 Å². The van der Waals surface area contributed by atoms with Gasteiger partial charge in [0.25, 0.3) is 0 Å². The smallest absolute Gasteiger partial charge is 0.232 e. The fourth-order valence-electron chi connectivity index (χ4n) is 0.754. The lowest BCUT2D eigenvalue weighted by molar-refractivity contribution is 0.609. The molecule has 0 aromatic carbocycles. The first-order valence-electron chi connectivity index (χ1n) is 3.12. The fraction of sp³-hybridized carbons (Fsp3) is 0.333. The zero-order valence-corrected chi connectivity index (χ0v) is 7.32. The molecule has 0 aliphatic carbocycles. The van der Waals surface area contributed by atoms with Gasteiger partial charge in [-0.3, -0.25) is 0 Å². The Labute approximate surface area is 69.8 Å². The average molecular weight is 194 g/mol. The Morgan fingerprint density at radius 3 is 2.73 bits per heavy atom. The zero-order chi connectivity index (χ0) is 8.32. The van der Waals surface area contributed by atoms with Crippen LogP contribution in [0.5, 0.6) is 0 Å². The molecule has 0 fully saturated rings. The van der Waals surface area contributed by atoms with Crippen LogP contribution in [-0.2, 0) is 15.5 Å². The van der Waals surface area contributed by atoms with Gasteiger partial charge < -0.3 is 4.98 Å². The predicted molar refractivity (Wildman–Crippen MR) is 44.1 cm³/mol. The highest BCUT2D eigenvalue weighted by Gasteiger charge is 2.04. The van der Waals surface area contributed by atoms with Crippen molar-refractivity contribution in [1.82, 2.24) is 4.98 Å². The number of aromatic amines is 1. The number of aromatic nitrogens is 1. The molecule has 11 heavy (non-hydrogen) atoms. The van der Waals surface area contributed by atoms with Gasteiger partial charge in [-0.05, 0) is 18.1 Å². The molecular formula is C6H8ClNO2S. The van der Waals surface area contributed by atoms with E-state index in [9.17, 15) is 8.42 Å². The minimum atomic E-state index is -3.34. The highest BCUT2D eigenvalue weighted by molar-refractivity contribution is 8.13. The molecule has 3 nitrogen and oxygen atoms in total. The summed E-state index contributed by atoms with van der Waals surface area (Å²) in [5, 5.41) is 0. The van der Waals surface area contributed by atoms with E-state index in [1.807, 2.05) is 6.07 Å². The lowest BCUT2D eigenvalue weighted by atomic mass is 10.3. The number of rotatable bonds is 3. The van der Waals surface area contributed by atoms with Crippen molar-refractivity contribution in [2.45, 2.75) is 6.42 Å². The van der Waals surface area contributed by atoms with Crippen molar-refractivity contribution in [3.05, 3.63) is 24.0 Å². The molecule has 0 amide bonds. The Hall–Kier alpha value is -0.480. The summed E-state index contributed by atoms with van der Waals surface area (Å²) >= 11 is 0. The zero-order valence-electron chi connectivity index (χ0n) is 5.75. The van der Waals surface area contributed by atoms with Crippen molar-refractivity contribution in [1.29, 1.82) is 0 Å². The van der Waals surface area contributed by atoms with Crippen LogP contribution in [-0.4, -0.2) is 19.2 Å². The summed E-state index contributed by atoms with van der Waals surface area (Å²) < 4.78 is 21.0. The summed E-state index contributed by atoms with van der Waals surface area (Å²) in [6, 6.07) is 1.82. The van der Waals surface area contributed by atoms with Gasteiger partial charge in [0.1, 0.15) is 0 Å². The third-order valence-corrected chi connectivity index (χ3v) is 2.45. The van der Waals surface area contributed by atoms with Gasteiger partial charge in [-0.25, -0.2) is 8.42 Å². The van der Waals surface area contributed by atoms with Gasteiger partial charge in [0.15, 0.2) is 0 Å². The van der Waals surface area contributed by atoms with E-state index in [1.165, 1.54) is 0 Å². The number of nitrogens with one attached hydrogen (secondary N) is 1. The number of hydrogen-bond donors (Lipinski definition) is 1. The van der Waals surface area contributed by atoms with Crippen LogP contribution in [0.3, 0.4) is 0 Å². The molecule has 0 saturated carbocycles. The maximum Gasteiger partial charge on any atom is 0.232 e. The topological polar surface area (TPSA) is 49.9 Å². The van der Waals surface area contributed by atoms with E-state index in [2.05, 4.69) is 4.98 Å². The number of halogens is 1. The Morgan fingerprint density at radius 2 is 2.27 bits per heavy atom. The van der Waals surface area contributed by atoms with Crippen LogP contribution in [0.25, 0.3) is 0 Å². The maximum atomic E-state index is 10.5. The molecule has 1 heterocycles. The number of H-pyrrole nitrogens is 1. The van der Waals surface area contributed by atoms with Gasteiger partial charge >= 0.3 is 0 Å².